The molecule has 0 aliphatic carbocycles. The summed E-state index contributed by atoms with van der Waals surface area (Å²) in [6.07, 6.45) is 2.57. The molecule has 2 N–H and O–H groups in total. The molecule has 1 aliphatic rings. The molecule has 0 bridgehead atoms. The molecule has 1 aliphatic heterocycles. The zero-order valence-electron chi connectivity index (χ0n) is 12.1. The summed E-state index contributed by atoms with van der Waals surface area (Å²) in [6.45, 7) is 5.89. The summed E-state index contributed by atoms with van der Waals surface area (Å²) in [6, 6.07) is 9.94. The molecule has 1 saturated heterocycles. The van der Waals surface area contributed by atoms with E-state index in [9.17, 15) is 5.11 Å². The first-order valence-corrected chi connectivity index (χ1v) is 7.25. The zero-order valence-corrected chi connectivity index (χ0v) is 12.1. The van der Waals surface area contributed by atoms with Crippen molar-refractivity contribution in [3.63, 3.8) is 0 Å². The highest BCUT2D eigenvalue weighted by atomic mass is 16.3. The van der Waals surface area contributed by atoms with E-state index in [2.05, 4.69) is 17.3 Å². The van der Waals surface area contributed by atoms with Gasteiger partial charge in [0.1, 0.15) is 0 Å². The highest BCUT2D eigenvalue weighted by molar-refractivity contribution is 5.21. The molecule has 2 unspecified atom stereocenters. The van der Waals surface area contributed by atoms with Crippen LogP contribution in [-0.4, -0.2) is 43.2 Å². The van der Waals surface area contributed by atoms with Gasteiger partial charge in [0.2, 0.25) is 0 Å². The van der Waals surface area contributed by atoms with E-state index < -0.39 is 5.60 Å². The van der Waals surface area contributed by atoms with E-state index in [-0.39, 0.29) is 0 Å². The average Bonchev–Trinajstić information content (AvgIpc) is 2.40. The number of nitrogens with one attached hydrogen (secondary N) is 1. The van der Waals surface area contributed by atoms with Crippen molar-refractivity contribution >= 4 is 0 Å². The average molecular weight is 262 g/mol. The largest absolute Gasteiger partial charge is 0.384 e. The molecule has 1 fully saturated rings. The van der Waals surface area contributed by atoms with Gasteiger partial charge in [-0.1, -0.05) is 30.3 Å². The first-order valence-electron chi connectivity index (χ1n) is 7.25. The Morgan fingerprint density at radius 2 is 2.11 bits per heavy atom. The van der Waals surface area contributed by atoms with Crippen LogP contribution >= 0.6 is 0 Å². The number of benzene rings is 1. The molecule has 19 heavy (non-hydrogen) atoms. The number of hydrogen-bond donors (Lipinski definition) is 2. The monoisotopic (exact) mass is 262 g/mol. The Labute approximate surface area is 116 Å². The standard InChI is InChI=1S/C16H26N2O/c1-16(19,15-8-4-3-5-9-15)13-18(2)12-14-7-6-10-17-11-14/h3-5,8-9,14,17,19H,6-7,10-13H2,1-2H3. The quantitative estimate of drug-likeness (QED) is 0.850. The van der Waals surface area contributed by atoms with Crippen LogP contribution in [0.3, 0.4) is 0 Å². The Bertz CT molecular complexity index is 372. The van der Waals surface area contributed by atoms with Crippen LogP contribution < -0.4 is 5.32 Å². The van der Waals surface area contributed by atoms with Crippen LogP contribution in [-0.2, 0) is 5.60 Å². The molecular weight excluding hydrogens is 236 g/mol. The molecule has 0 spiro atoms. The van der Waals surface area contributed by atoms with Crippen LogP contribution in [0.1, 0.15) is 25.3 Å². The Morgan fingerprint density at radius 1 is 1.37 bits per heavy atom. The lowest BCUT2D eigenvalue weighted by atomic mass is 9.94. The minimum absolute atomic E-state index is 0.674. The number of rotatable bonds is 5. The van der Waals surface area contributed by atoms with Gasteiger partial charge in [0, 0.05) is 13.1 Å². The summed E-state index contributed by atoms with van der Waals surface area (Å²) in [5.41, 5.74) is 0.210. The van der Waals surface area contributed by atoms with Crippen LogP contribution in [0.5, 0.6) is 0 Å². The van der Waals surface area contributed by atoms with Crippen LogP contribution in [0.25, 0.3) is 0 Å². The number of hydrogen-bond acceptors (Lipinski definition) is 3. The number of likely N-dealkylation sites (N-methyl/N-ethyl adjacent to an activating group) is 1. The summed E-state index contributed by atoms with van der Waals surface area (Å²) >= 11 is 0. The van der Waals surface area contributed by atoms with E-state index in [1.165, 1.54) is 12.8 Å². The van der Waals surface area contributed by atoms with Crippen molar-refractivity contribution in [2.75, 3.05) is 33.2 Å². The fourth-order valence-electron chi connectivity index (χ4n) is 3.00. The van der Waals surface area contributed by atoms with Crippen molar-refractivity contribution in [3.05, 3.63) is 35.9 Å². The van der Waals surface area contributed by atoms with Gasteiger partial charge >= 0.3 is 0 Å². The normalized spacial score (nSPS) is 23.3. The lowest BCUT2D eigenvalue weighted by Crippen LogP contribution is -2.42. The van der Waals surface area contributed by atoms with Crippen molar-refractivity contribution < 1.29 is 5.11 Å². The first-order chi connectivity index (χ1) is 9.08. The zero-order chi connectivity index (χ0) is 13.7. The van der Waals surface area contributed by atoms with Crippen LogP contribution in [0, 0.1) is 5.92 Å². The number of piperidine rings is 1. The molecule has 0 amide bonds. The van der Waals surface area contributed by atoms with Crippen molar-refractivity contribution in [2.45, 2.75) is 25.4 Å². The Kier molecular flexibility index (Phi) is 4.97. The number of aliphatic hydroxyl groups is 1. The van der Waals surface area contributed by atoms with Gasteiger partial charge in [0.05, 0.1) is 5.60 Å². The van der Waals surface area contributed by atoms with Gasteiger partial charge in [0.25, 0.3) is 0 Å². The highest BCUT2D eigenvalue weighted by Gasteiger charge is 2.26. The molecule has 1 aromatic rings. The topological polar surface area (TPSA) is 35.5 Å². The van der Waals surface area contributed by atoms with Gasteiger partial charge in [-0.15, -0.1) is 0 Å². The van der Waals surface area contributed by atoms with E-state index in [0.29, 0.717) is 12.5 Å². The summed E-state index contributed by atoms with van der Waals surface area (Å²) in [5.74, 6) is 0.713. The Hall–Kier alpha value is -0.900. The van der Waals surface area contributed by atoms with Crippen LogP contribution in [0.15, 0.2) is 30.3 Å². The van der Waals surface area contributed by atoms with Gasteiger partial charge < -0.3 is 15.3 Å². The third-order valence-electron chi connectivity index (χ3n) is 3.94. The fraction of sp³-hybridized carbons (Fsp3) is 0.625. The van der Waals surface area contributed by atoms with E-state index in [1.807, 2.05) is 37.3 Å². The molecule has 1 aromatic carbocycles. The van der Waals surface area contributed by atoms with E-state index in [4.69, 9.17) is 0 Å². The Balaban J connectivity index is 1.88. The second kappa shape index (κ2) is 6.51. The predicted octanol–water partition coefficient (Wildman–Crippen LogP) is 1.83. The maximum Gasteiger partial charge on any atom is 0.0994 e. The van der Waals surface area contributed by atoms with Gasteiger partial charge in [-0.3, -0.25) is 0 Å². The second-order valence-electron chi connectivity index (χ2n) is 6.05. The van der Waals surface area contributed by atoms with Gasteiger partial charge in [0.15, 0.2) is 0 Å². The summed E-state index contributed by atoms with van der Waals surface area (Å²) in [4.78, 5) is 2.25. The fourth-order valence-corrected chi connectivity index (χ4v) is 3.00. The van der Waals surface area contributed by atoms with E-state index >= 15 is 0 Å². The lowest BCUT2D eigenvalue weighted by molar-refractivity contribution is 0.0186. The molecule has 0 radical (unpaired) electrons. The maximum absolute atomic E-state index is 10.6. The van der Waals surface area contributed by atoms with E-state index in [0.717, 1.165) is 25.2 Å². The molecule has 2 atom stereocenters. The number of nitrogens with zero attached hydrogens (tertiary/aromatic N) is 1. The molecule has 0 aromatic heterocycles. The second-order valence-corrected chi connectivity index (χ2v) is 6.05. The van der Waals surface area contributed by atoms with Crippen LogP contribution in [0.2, 0.25) is 0 Å². The molecule has 1 heterocycles. The van der Waals surface area contributed by atoms with Crippen molar-refractivity contribution in [3.8, 4) is 0 Å². The molecule has 0 saturated carbocycles. The highest BCUT2D eigenvalue weighted by Crippen LogP contribution is 2.22. The third-order valence-corrected chi connectivity index (χ3v) is 3.94. The summed E-state index contributed by atoms with van der Waals surface area (Å²) in [7, 11) is 2.10. The molecule has 3 heteroatoms. The summed E-state index contributed by atoms with van der Waals surface area (Å²) < 4.78 is 0. The van der Waals surface area contributed by atoms with Crippen LogP contribution in [0.4, 0.5) is 0 Å². The maximum atomic E-state index is 10.6. The third kappa shape index (κ3) is 4.30. The molecule has 3 nitrogen and oxygen atoms in total. The first kappa shape index (κ1) is 14.5. The van der Waals surface area contributed by atoms with Crippen molar-refractivity contribution in [1.29, 1.82) is 0 Å². The Morgan fingerprint density at radius 3 is 2.74 bits per heavy atom. The van der Waals surface area contributed by atoms with Gasteiger partial charge in [-0.2, -0.15) is 0 Å². The minimum atomic E-state index is -0.780. The van der Waals surface area contributed by atoms with Crippen molar-refractivity contribution in [1.82, 2.24) is 10.2 Å². The van der Waals surface area contributed by atoms with Crippen molar-refractivity contribution in [2.24, 2.45) is 5.92 Å². The smallest absolute Gasteiger partial charge is 0.0994 e. The van der Waals surface area contributed by atoms with Gasteiger partial charge in [-0.25, -0.2) is 0 Å². The molecular formula is C16H26N2O. The molecule has 2 rings (SSSR count). The van der Waals surface area contributed by atoms with E-state index in [1.54, 1.807) is 0 Å². The predicted molar refractivity (Wildman–Crippen MR) is 79.1 cm³/mol. The van der Waals surface area contributed by atoms with Gasteiger partial charge in [-0.05, 0) is 51.4 Å². The summed E-state index contributed by atoms with van der Waals surface area (Å²) in [5, 5.41) is 14.1. The molecule has 106 valence electrons. The lowest BCUT2D eigenvalue weighted by Gasteiger charge is -2.33. The SMILES string of the molecule is CN(CC1CCCNC1)CC(C)(O)c1ccccc1. The minimum Gasteiger partial charge on any atom is -0.384 e.